The molecule has 0 aliphatic carbocycles. The third-order valence-electron chi connectivity index (χ3n) is 3.26. The zero-order valence-electron chi connectivity index (χ0n) is 12.0. The summed E-state index contributed by atoms with van der Waals surface area (Å²) in [4.78, 5) is 4.33. The van der Waals surface area contributed by atoms with E-state index in [4.69, 9.17) is 15.0 Å². The first kappa shape index (κ1) is 14.7. The van der Waals surface area contributed by atoms with Crippen LogP contribution in [0.4, 0.5) is 0 Å². The summed E-state index contributed by atoms with van der Waals surface area (Å²) in [5, 5.41) is 3.93. The van der Waals surface area contributed by atoms with Gasteiger partial charge in [-0.05, 0) is 25.3 Å². The molecule has 0 saturated carbocycles. The van der Waals surface area contributed by atoms with Crippen LogP contribution in [0.25, 0.3) is 0 Å². The maximum atomic E-state index is 6.09. The van der Waals surface area contributed by atoms with Crippen molar-refractivity contribution in [1.29, 1.82) is 0 Å². The number of ether oxygens (including phenoxy) is 1. The molecule has 1 heterocycles. The third-order valence-corrected chi connectivity index (χ3v) is 3.26. The van der Waals surface area contributed by atoms with Crippen molar-refractivity contribution in [2.45, 2.75) is 38.3 Å². The number of aromatic nitrogens is 2. The topological polar surface area (TPSA) is 74.2 Å². The van der Waals surface area contributed by atoms with E-state index in [-0.39, 0.29) is 12.1 Å². The number of benzene rings is 1. The van der Waals surface area contributed by atoms with Gasteiger partial charge in [0.15, 0.2) is 5.82 Å². The molecule has 20 heavy (non-hydrogen) atoms. The molecule has 0 amide bonds. The monoisotopic (exact) mass is 275 g/mol. The zero-order valence-corrected chi connectivity index (χ0v) is 12.0. The van der Waals surface area contributed by atoms with Crippen molar-refractivity contribution in [2.24, 2.45) is 5.73 Å². The summed E-state index contributed by atoms with van der Waals surface area (Å²) in [6.45, 7) is 1.96. The maximum Gasteiger partial charge on any atom is 0.243 e. The number of hydrogen-bond acceptors (Lipinski definition) is 5. The van der Waals surface area contributed by atoms with E-state index in [2.05, 4.69) is 22.3 Å². The highest BCUT2D eigenvalue weighted by Crippen LogP contribution is 2.15. The fourth-order valence-electron chi connectivity index (χ4n) is 1.93. The highest BCUT2D eigenvalue weighted by molar-refractivity contribution is 5.15. The molecule has 108 valence electrons. The Labute approximate surface area is 119 Å². The van der Waals surface area contributed by atoms with E-state index in [1.807, 2.05) is 25.1 Å². The lowest BCUT2D eigenvalue weighted by molar-refractivity contribution is 0.116. The Morgan fingerprint density at radius 2 is 2.05 bits per heavy atom. The minimum Gasteiger partial charge on any atom is -0.381 e. The molecule has 0 radical (unpaired) electrons. The standard InChI is InChI=1S/C15H21N3O2/c1-11(19-2)10-14-17-15(20-18-14)13(16)9-8-12-6-4-3-5-7-12/h3-7,11,13H,8-10,16H2,1-2H3/t11?,13-/m0/s1. The number of nitrogens with two attached hydrogens (primary N) is 1. The predicted molar refractivity (Wildman–Crippen MR) is 76.2 cm³/mol. The molecule has 1 aromatic carbocycles. The van der Waals surface area contributed by atoms with Gasteiger partial charge in [-0.2, -0.15) is 4.98 Å². The Morgan fingerprint density at radius 3 is 2.75 bits per heavy atom. The Bertz CT molecular complexity index is 513. The van der Waals surface area contributed by atoms with Crippen molar-refractivity contribution < 1.29 is 9.26 Å². The molecule has 2 rings (SSSR count). The Morgan fingerprint density at radius 1 is 1.30 bits per heavy atom. The van der Waals surface area contributed by atoms with Crippen LogP contribution in [0.15, 0.2) is 34.9 Å². The Kier molecular flexibility index (Phi) is 5.26. The Balaban J connectivity index is 1.88. The minimum atomic E-state index is -0.227. The normalized spacial score (nSPS) is 14.2. The SMILES string of the molecule is COC(C)Cc1noc([C@@H](N)CCc2ccccc2)n1. The molecule has 0 aliphatic rings. The van der Waals surface area contributed by atoms with Gasteiger partial charge in [0.1, 0.15) is 0 Å². The van der Waals surface area contributed by atoms with Crippen molar-refractivity contribution in [3.8, 4) is 0 Å². The molecule has 1 aromatic heterocycles. The van der Waals surface area contributed by atoms with Crippen LogP contribution in [0.3, 0.4) is 0 Å². The van der Waals surface area contributed by atoms with Crippen LogP contribution >= 0.6 is 0 Å². The summed E-state index contributed by atoms with van der Waals surface area (Å²) in [5.74, 6) is 1.14. The van der Waals surface area contributed by atoms with E-state index in [1.54, 1.807) is 7.11 Å². The van der Waals surface area contributed by atoms with Crippen molar-refractivity contribution >= 4 is 0 Å². The number of methoxy groups -OCH3 is 1. The lowest BCUT2D eigenvalue weighted by Gasteiger charge is -2.06. The van der Waals surface area contributed by atoms with Gasteiger partial charge in [-0.1, -0.05) is 35.5 Å². The molecule has 2 atom stereocenters. The molecule has 0 bridgehead atoms. The molecule has 5 nitrogen and oxygen atoms in total. The highest BCUT2D eigenvalue weighted by Gasteiger charge is 2.16. The number of hydrogen-bond donors (Lipinski definition) is 1. The maximum absolute atomic E-state index is 6.09. The lowest BCUT2D eigenvalue weighted by atomic mass is 10.1. The molecule has 1 unspecified atom stereocenters. The summed E-state index contributed by atoms with van der Waals surface area (Å²) in [5.41, 5.74) is 7.35. The van der Waals surface area contributed by atoms with Gasteiger partial charge < -0.3 is 15.0 Å². The van der Waals surface area contributed by atoms with Gasteiger partial charge in [0, 0.05) is 13.5 Å². The number of rotatable bonds is 7. The average molecular weight is 275 g/mol. The van der Waals surface area contributed by atoms with Crippen LogP contribution in [-0.4, -0.2) is 23.4 Å². The van der Waals surface area contributed by atoms with Gasteiger partial charge in [0.25, 0.3) is 0 Å². The first-order valence-corrected chi connectivity index (χ1v) is 6.84. The summed E-state index contributed by atoms with van der Waals surface area (Å²) in [6.07, 6.45) is 2.38. The third kappa shape index (κ3) is 4.15. The van der Waals surface area contributed by atoms with Crippen LogP contribution in [-0.2, 0) is 17.6 Å². The second kappa shape index (κ2) is 7.17. The molecule has 2 aromatic rings. The van der Waals surface area contributed by atoms with Gasteiger partial charge in [-0.3, -0.25) is 0 Å². The lowest BCUT2D eigenvalue weighted by Crippen LogP contribution is -2.13. The van der Waals surface area contributed by atoms with E-state index in [0.717, 1.165) is 12.8 Å². The first-order chi connectivity index (χ1) is 9.69. The Hall–Kier alpha value is -1.72. The molecule has 5 heteroatoms. The fourth-order valence-corrected chi connectivity index (χ4v) is 1.93. The van der Waals surface area contributed by atoms with Gasteiger partial charge in [-0.15, -0.1) is 0 Å². The minimum absolute atomic E-state index is 0.0704. The van der Waals surface area contributed by atoms with Crippen molar-refractivity contribution in [2.75, 3.05) is 7.11 Å². The van der Waals surface area contributed by atoms with Crippen molar-refractivity contribution in [1.82, 2.24) is 10.1 Å². The van der Waals surface area contributed by atoms with Crippen LogP contribution in [0, 0.1) is 0 Å². The zero-order chi connectivity index (χ0) is 14.4. The van der Waals surface area contributed by atoms with Gasteiger partial charge in [0.05, 0.1) is 12.1 Å². The van der Waals surface area contributed by atoms with Crippen molar-refractivity contribution in [3.63, 3.8) is 0 Å². The molecule has 0 fully saturated rings. The summed E-state index contributed by atoms with van der Waals surface area (Å²) in [7, 11) is 1.66. The number of nitrogens with zero attached hydrogens (tertiary/aromatic N) is 2. The largest absolute Gasteiger partial charge is 0.381 e. The van der Waals surface area contributed by atoms with Crippen LogP contribution in [0.5, 0.6) is 0 Å². The summed E-state index contributed by atoms with van der Waals surface area (Å²) < 4.78 is 10.4. The quantitative estimate of drug-likeness (QED) is 0.839. The first-order valence-electron chi connectivity index (χ1n) is 6.84. The fraction of sp³-hybridized carbons (Fsp3) is 0.467. The number of aryl methyl sites for hydroxylation is 1. The highest BCUT2D eigenvalue weighted by atomic mass is 16.5. The predicted octanol–water partition coefficient (Wildman–Crippen LogP) is 2.28. The van der Waals surface area contributed by atoms with Crippen LogP contribution in [0.2, 0.25) is 0 Å². The van der Waals surface area contributed by atoms with Crippen LogP contribution in [0.1, 0.15) is 36.7 Å². The van der Waals surface area contributed by atoms with E-state index >= 15 is 0 Å². The molecular formula is C15H21N3O2. The van der Waals surface area contributed by atoms with Gasteiger partial charge >= 0.3 is 0 Å². The molecule has 0 saturated heterocycles. The van der Waals surface area contributed by atoms with Crippen molar-refractivity contribution in [3.05, 3.63) is 47.6 Å². The second-order valence-corrected chi connectivity index (χ2v) is 4.93. The van der Waals surface area contributed by atoms with Gasteiger partial charge in [0.2, 0.25) is 5.89 Å². The van der Waals surface area contributed by atoms with Crippen LogP contribution < -0.4 is 5.73 Å². The smallest absolute Gasteiger partial charge is 0.243 e. The molecule has 0 spiro atoms. The van der Waals surface area contributed by atoms with E-state index in [1.165, 1.54) is 5.56 Å². The summed E-state index contributed by atoms with van der Waals surface area (Å²) >= 11 is 0. The van der Waals surface area contributed by atoms with E-state index in [0.29, 0.717) is 18.1 Å². The summed E-state index contributed by atoms with van der Waals surface area (Å²) in [6, 6.07) is 10.0. The average Bonchev–Trinajstić information content (AvgIpc) is 2.94. The van der Waals surface area contributed by atoms with Gasteiger partial charge in [-0.25, -0.2) is 0 Å². The van der Waals surface area contributed by atoms with E-state index < -0.39 is 0 Å². The molecule has 0 aliphatic heterocycles. The molecule has 2 N–H and O–H groups in total. The second-order valence-electron chi connectivity index (χ2n) is 4.93. The van der Waals surface area contributed by atoms with E-state index in [9.17, 15) is 0 Å². The molecular weight excluding hydrogens is 254 g/mol.